The van der Waals surface area contributed by atoms with Crippen LogP contribution in [0.25, 0.3) is 43.3 Å². The number of nitrogens with one attached hydrogen (secondary N) is 4. The van der Waals surface area contributed by atoms with Crippen molar-refractivity contribution in [2.75, 3.05) is 20.3 Å². The number of thiazole rings is 1. The number of alkyl carbamates (subject to hydrolysis) is 1. The molecular formula is C43H53N9O5S. The summed E-state index contributed by atoms with van der Waals surface area (Å²) in [6.45, 7) is 8.82. The minimum Gasteiger partial charge on any atom is -0.492 e. The molecule has 58 heavy (non-hydrogen) atoms. The second-order valence-corrected chi connectivity index (χ2v) is 17.6. The smallest absolute Gasteiger partial charge is 0.407 e. The summed E-state index contributed by atoms with van der Waals surface area (Å²) in [5, 5.41) is 6.91. The van der Waals surface area contributed by atoms with Crippen LogP contribution in [0.1, 0.15) is 96.0 Å². The maximum atomic E-state index is 13.8. The lowest BCUT2D eigenvalue weighted by Crippen LogP contribution is -2.54. The van der Waals surface area contributed by atoms with Crippen LogP contribution in [0.4, 0.5) is 4.79 Å². The Kier molecular flexibility index (Phi) is 11.0. The van der Waals surface area contributed by atoms with Crippen LogP contribution in [-0.4, -0.2) is 80.1 Å². The quantitative estimate of drug-likeness (QED) is 0.0990. The molecule has 1 saturated heterocycles. The minimum atomic E-state index is -0.698. The third-order valence-electron chi connectivity index (χ3n) is 11.9. The molecule has 306 valence electrons. The Hall–Kier alpha value is -5.28. The van der Waals surface area contributed by atoms with Gasteiger partial charge < -0.3 is 40.7 Å². The maximum absolute atomic E-state index is 13.8. The molecule has 0 spiro atoms. The van der Waals surface area contributed by atoms with E-state index in [1.807, 2.05) is 50.9 Å². The van der Waals surface area contributed by atoms with Crippen molar-refractivity contribution in [1.82, 2.24) is 40.5 Å². The number of benzene rings is 2. The van der Waals surface area contributed by atoms with Crippen molar-refractivity contribution in [3.8, 4) is 38.0 Å². The molecule has 15 heteroatoms. The van der Waals surface area contributed by atoms with Gasteiger partial charge in [0.2, 0.25) is 11.8 Å². The van der Waals surface area contributed by atoms with Crippen LogP contribution in [-0.2, 0) is 26.3 Å². The van der Waals surface area contributed by atoms with E-state index in [1.165, 1.54) is 7.11 Å². The Morgan fingerprint density at radius 2 is 1.79 bits per heavy atom. The molecule has 2 aliphatic heterocycles. The van der Waals surface area contributed by atoms with E-state index in [1.54, 1.807) is 11.3 Å². The van der Waals surface area contributed by atoms with Gasteiger partial charge in [-0.05, 0) is 73.4 Å². The molecule has 2 aromatic carbocycles. The number of carbonyl (C=O) groups excluding carboxylic acids is 3. The van der Waals surface area contributed by atoms with Crippen LogP contribution in [0.5, 0.6) is 5.75 Å². The van der Waals surface area contributed by atoms with Crippen LogP contribution in [0.15, 0.2) is 42.6 Å². The first-order valence-corrected chi connectivity index (χ1v) is 21.3. The Labute approximate surface area is 342 Å². The first-order valence-electron chi connectivity index (χ1n) is 20.5. The number of H-pyrrole nitrogens is 2. The fraction of sp³-hybridized carbons (Fsp3) is 0.488. The number of aromatic nitrogens is 5. The Morgan fingerprint density at radius 1 is 1.00 bits per heavy atom. The molecule has 3 aromatic heterocycles. The number of ether oxygens (including phenoxy) is 2. The predicted octanol–water partition coefficient (Wildman–Crippen LogP) is 6.98. The number of aromatic amines is 2. The van der Waals surface area contributed by atoms with E-state index in [0.717, 1.165) is 111 Å². The zero-order valence-electron chi connectivity index (χ0n) is 33.8. The van der Waals surface area contributed by atoms with Gasteiger partial charge in [0.05, 0.1) is 52.9 Å². The lowest BCUT2D eigenvalue weighted by Gasteiger charge is -2.37. The second kappa shape index (κ2) is 16.2. The number of hydrogen-bond donors (Lipinski definition) is 5. The first kappa shape index (κ1) is 39.5. The topological polar surface area (TPSA) is 193 Å². The highest BCUT2D eigenvalue weighted by Crippen LogP contribution is 2.42. The van der Waals surface area contributed by atoms with E-state index in [4.69, 9.17) is 30.2 Å². The molecule has 14 nitrogen and oxygen atoms in total. The van der Waals surface area contributed by atoms with Gasteiger partial charge in [0.1, 0.15) is 28.4 Å². The highest BCUT2D eigenvalue weighted by atomic mass is 32.1. The number of fused-ring (bicyclic) bond motifs is 4. The number of methoxy groups -OCH3 is 1. The lowest BCUT2D eigenvalue weighted by molar-refractivity contribution is -0.135. The number of likely N-dealkylation sites (tertiary alicyclic amines) is 1. The summed E-state index contributed by atoms with van der Waals surface area (Å²) in [6, 6.07) is 10.8. The molecule has 5 aromatic rings. The van der Waals surface area contributed by atoms with E-state index >= 15 is 0 Å². The fourth-order valence-electron chi connectivity index (χ4n) is 8.55. The summed E-state index contributed by atoms with van der Waals surface area (Å²) >= 11 is 1.61. The maximum Gasteiger partial charge on any atom is 0.407 e. The summed E-state index contributed by atoms with van der Waals surface area (Å²) in [6.07, 6.45) is 8.33. The van der Waals surface area contributed by atoms with Crippen molar-refractivity contribution in [3.05, 3.63) is 59.9 Å². The minimum absolute atomic E-state index is 0.0363. The van der Waals surface area contributed by atoms with Gasteiger partial charge in [-0.15, -0.1) is 11.3 Å². The third kappa shape index (κ3) is 7.57. The zero-order chi connectivity index (χ0) is 40.7. The summed E-state index contributed by atoms with van der Waals surface area (Å²) in [7, 11) is 1.30. The van der Waals surface area contributed by atoms with Gasteiger partial charge in [0, 0.05) is 36.0 Å². The van der Waals surface area contributed by atoms with Crippen LogP contribution < -0.4 is 21.1 Å². The Bertz CT molecular complexity index is 2320. The van der Waals surface area contributed by atoms with Crippen molar-refractivity contribution >= 4 is 40.3 Å². The van der Waals surface area contributed by atoms with Crippen molar-refractivity contribution in [2.24, 2.45) is 17.6 Å². The molecule has 1 saturated carbocycles. The van der Waals surface area contributed by atoms with Crippen LogP contribution >= 0.6 is 11.3 Å². The van der Waals surface area contributed by atoms with Gasteiger partial charge in [-0.2, -0.15) is 0 Å². The number of hydrogen-bond acceptors (Lipinski definition) is 10. The zero-order valence-corrected chi connectivity index (χ0v) is 34.6. The van der Waals surface area contributed by atoms with E-state index in [0.29, 0.717) is 19.6 Å². The highest BCUT2D eigenvalue weighted by molar-refractivity contribution is 7.18. The van der Waals surface area contributed by atoms with Crippen LogP contribution in [0.3, 0.4) is 0 Å². The number of amides is 3. The van der Waals surface area contributed by atoms with E-state index in [2.05, 4.69) is 44.9 Å². The number of nitrogens with two attached hydrogens (primary N) is 1. The molecule has 6 N–H and O–H groups in total. The molecule has 0 bridgehead atoms. The monoisotopic (exact) mass is 807 g/mol. The molecule has 3 aliphatic rings. The summed E-state index contributed by atoms with van der Waals surface area (Å²) in [4.78, 5) is 63.9. The molecule has 8 rings (SSSR count). The lowest BCUT2D eigenvalue weighted by atomic mass is 9.80. The summed E-state index contributed by atoms with van der Waals surface area (Å²) in [5.74, 6) is 1.92. The molecule has 3 unspecified atom stereocenters. The van der Waals surface area contributed by atoms with Gasteiger partial charge in [-0.3, -0.25) is 9.59 Å². The Morgan fingerprint density at radius 3 is 2.55 bits per heavy atom. The summed E-state index contributed by atoms with van der Waals surface area (Å²) in [5.41, 5.74) is 12.1. The number of rotatable bonds is 10. The predicted molar refractivity (Wildman–Crippen MR) is 223 cm³/mol. The normalized spacial score (nSPS) is 18.6. The van der Waals surface area contributed by atoms with Crippen molar-refractivity contribution in [3.63, 3.8) is 0 Å². The first-order chi connectivity index (χ1) is 27.9. The third-order valence-corrected chi connectivity index (χ3v) is 13.0. The van der Waals surface area contributed by atoms with Crippen molar-refractivity contribution < 1.29 is 23.9 Å². The number of nitrogens with zero attached hydrogens (tertiary/aromatic N) is 4. The van der Waals surface area contributed by atoms with Gasteiger partial charge in [0.25, 0.3) is 0 Å². The molecule has 2 fully saturated rings. The summed E-state index contributed by atoms with van der Waals surface area (Å²) < 4.78 is 11.1. The molecule has 3 amide bonds. The standard InChI is InChI=1S/C43H53N9O5S/c1-23(2)34(44)38(53)51-43(16-7-6-8-17-43)41-47-28-14-12-26(20-30(28)48-41)39-45-22-33(58-39)25-11-13-27-32(21-25)57-19-15-29-36(27)49-37(46-29)31-10-9-18-52(31)40(54)35(24(3)4)50-42(55)56-5/h11-14,20-24,31,34-35H,6-10,15-19,44H2,1-5H3,(H,46,49)(H,47,48)(H,50,55)(H,51,53). The van der Waals surface area contributed by atoms with E-state index in [9.17, 15) is 14.4 Å². The average molecular weight is 808 g/mol. The molecule has 3 atom stereocenters. The van der Waals surface area contributed by atoms with Crippen LogP contribution in [0, 0.1) is 11.8 Å². The molecule has 0 radical (unpaired) electrons. The van der Waals surface area contributed by atoms with Gasteiger partial charge in [-0.25, -0.2) is 19.7 Å². The average Bonchev–Trinajstić information content (AvgIpc) is 4.05. The largest absolute Gasteiger partial charge is 0.492 e. The number of imidazole rings is 2. The highest BCUT2D eigenvalue weighted by Gasteiger charge is 2.40. The molecule has 5 heterocycles. The van der Waals surface area contributed by atoms with E-state index < -0.39 is 23.7 Å². The van der Waals surface area contributed by atoms with Crippen molar-refractivity contribution in [2.45, 2.75) is 103 Å². The molecular weight excluding hydrogens is 755 g/mol. The van der Waals surface area contributed by atoms with Gasteiger partial charge in [-0.1, -0.05) is 53.0 Å². The molecule has 1 aliphatic carbocycles. The SMILES string of the molecule is COC(=O)NC(C(=O)N1CCCC1c1nc2c([nH]1)CCOc1cc(-c3cnc(-c4ccc5nc(C6(NC(=O)C(N)C(C)C)CCCCC6)[nH]c5c4)s3)ccc1-2)C(C)C. The van der Waals surface area contributed by atoms with Gasteiger partial charge in [0.15, 0.2) is 0 Å². The van der Waals surface area contributed by atoms with E-state index in [-0.39, 0.29) is 29.7 Å². The number of carbonyl (C=O) groups is 3. The Balaban J connectivity index is 1.02. The fourth-order valence-corrected chi connectivity index (χ4v) is 9.46. The van der Waals surface area contributed by atoms with Crippen LogP contribution in [0.2, 0.25) is 0 Å². The van der Waals surface area contributed by atoms with Crippen molar-refractivity contribution in [1.29, 1.82) is 0 Å². The second-order valence-electron chi connectivity index (χ2n) is 16.6. The van der Waals surface area contributed by atoms with Gasteiger partial charge >= 0.3 is 6.09 Å².